The van der Waals surface area contributed by atoms with Crippen LogP contribution in [0, 0.1) is 5.82 Å². The summed E-state index contributed by atoms with van der Waals surface area (Å²) in [5.74, 6) is -0.833. The van der Waals surface area contributed by atoms with Crippen LogP contribution in [0.4, 0.5) is 4.39 Å². The number of halogens is 2. The molecule has 0 aliphatic carbocycles. The minimum atomic E-state index is -3.84. The molecule has 1 aliphatic heterocycles. The largest absolute Gasteiger partial charge is 0.263 e. The quantitative estimate of drug-likeness (QED) is 0.755. The number of hydrogen-bond acceptors (Lipinski definition) is 3. The van der Waals surface area contributed by atoms with Crippen LogP contribution >= 0.6 is 11.6 Å². The molecule has 1 saturated heterocycles. The minimum absolute atomic E-state index is 0.207. The Bertz CT molecular complexity index is 494. The fourth-order valence-electron chi connectivity index (χ4n) is 1.59. The smallest absolute Gasteiger partial charge is 0.241 e. The van der Waals surface area contributed by atoms with E-state index in [1.165, 1.54) is 12.3 Å². The molecule has 88 valence electrons. The van der Waals surface area contributed by atoms with Gasteiger partial charge in [0.15, 0.2) is 5.82 Å². The summed E-state index contributed by atoms with van der Waals surface area (Å²) in [6, 6.07) is 2.43. The van der Waals surface area contributed by atoms with Crippen molar-refractivity contribution in [2.24, 2.45) is 0 Å². The first-order valence-electron chi connectivity index (χ1n) is 4.76. The van der Waals surface area contributed by atoms with Crippen molar-refractivity contribution in [1.82, 2.24) is 9.29 Å². The van der Waals surface area contributed by atoms with Gasteiger partial charge in [0.1, 0.15) is 0 Å². The molecule has 2 rings (SSSR count). The maximum Gasteiger partial charge on any atom is 0.263 e. The molecule has 1 aliphatic rings. The second kappa shape index (κ2) is 4.27. The highest BCUT2D eigenvalue weighted by molar-refractivity contribution is 7.89. The lowest BCUT2D eigenvalue weighted by atomic mass is 10.4. The number of alkyl halides is 1. The molecule has 2 heterocycles. The van der Waals surface area contributed by atoms with Gasteiger partial charge < -0.3 is 0 Å². The number of rotatable bonds is 2. The fourth-order valence-corrected chi connectivity index (χ4v) is 3.41. The fraction of sp³-hybridized carbons (Fsp3) is 0.444. The van der Waals surface area contributed by atoms with Gasteiger partial charge >= 0.3 is 0 Å². The Kier molecular flexibility index (Phi) is 3.14. The van der Waals surface area contributed by atoms with Crippen molar-refractivity contribution in [1.29, 1.82) is 0 Å². The predicted octanol–water partition coefficient (Wildman–Crippen LogP) is 1.22. The van der Waals surface area contributed by atoms with E-state index in [2.05, 4.69) is 4.98 Å². The Morgan fingerprint density at radius 2 is 2.31 bits per heavy atom. The van der Waals surface area contributed by atoms with Crippen LogP contribution in [0.2, 0.25) is 0 Å². The Morgan fingerprint density at radius 1 is 1.56 bits per heavy atom. The molecule has 0 spiro atoms. The van der Waals surface area contributed by atoms with E-state index in [1.807, 2.05) is 0 Å². The van der Waals surface area contributed by atoms with Gasteiger partial charge in [0.2, 0.25) is 5.03 Å². The third kappa shape index (κ3) is 2.05. The summed E-state index contributed by atoms with van der Waals surface area (Å²) in [4.78, 5) is 3.57. The van der Waals surface area contributed by atoms with E-state index in [9.17, 15) is 12.8 Å². The van der Waals surface area contributed by atoms with E-state index in [-0.39, 0.29) is 11.9 Å². The first kappa shape index (κ1) is 11.8. The Labute approximate surface area is 98.1 Å². The first-order chi connectivity index (χ1) is 7.51. The monoisotopic (exact) mass is 264 g/mol. The minimum Gasteiger partial charge on any atom is -0.241 e. The van der Waals surface area contributed by atoms with Crippen molar-refractivity contribution >= 4 is 21.6 Å². The van der Waals surface area contributed by atoms with Crippen molar-refractivity contribution in [2.75, 3.05) is 13.1 Å². The van der Waals surface area contributed by atoms with Gasteiger partial charge in [0.25, 0.3) is 10.0 Å². The molecule has 1 atom stereocenters. The summed E-state index contributed by atoms with van der Waals surface area (Å²) in [6.45, 7) is 0.520. The van der Waals surface area contributed by atoms with Gasteiger partial charge in [-0.1, -0.05) is 0 Å². The second-order valence-electron chi connectivity index (χ2n) is 3.54. The summed E-state index contributed by atoms with van der Waals surface area (Å²) in [6.07, 6.45) is 1.83. The number of sulfonamides is 1. The van der Waals surface area contributed by atoms with Gasteiger partial charge in [-0.25, -0.2) is 17.8 Å². The van der Waals surface area contributed by atoms with E-state index >= 15 is 0 Å². The standard InChI is InChI=1S/C9H10ClFN2O2S/c10-7-3-5-13(6-7)16(14,15)9-8(11)2-1-4-12-9/h1-2,4,7H,3,5-6H2. The highest BCUT2D eigenvalue weighted by atomic mass is 35.5. The number of pyridine rings is 1. The molecule has 4 nitrogen and oxygen atoms in total. The molecule has 0 aromatic carbocycles. The molecule has 0 radical (unpaired) electrons. The van der Waals surface area contributed by atoms with Gasteiger partial charge in [-0.2, -0.15) is 4.31 Å². The lowest BCUT2D eigenvalue weighted by Gasteiger charge is -2.14. The van der Waals surface area contributed by atoms with E-state index in [0.29, 0.717) is 13.0 Å². The maximum absolute atomic E-state index is 13.3. The summed E-state index contributed by atoms with van der Waals surface area (Å²) in [5, 5.41) is -0.734. The predicted molar refractivity (Wildman–Crippen MR) is 57.2 cm³/mol. The highest BCUT2D eigenvalue weighted by Gasteiger charge is 2.34. The lowest BCUT2D eigenvalue weighted by Crippen LogP contribution is -2.30. The van der Waals surface area contributed by atoms with Gasteiger partial charge in [0.05, 0.1) is 0 Å². The molecule has 1 unspecified atom stereocenters. The van der Waals surface area contributed by atoms with Gasteiger partial charge in [-0.05, 0) is 18.6 Å². The molecule has 1 fully saturated rings. The van der Waals surface area contributed by atoms with Crippen LogP contribution in [-0.4, -0.2) is 36.2 Å². The van der Waals surface area contributed by atoms with Crippen LogP contribution in [0.1, 0.15) is 6.42 Å². The van der Waals surface area contributed by atoms with Crippen LogP contribution in [-0.2, 0) is 10.0 Å². The number of aromatic nitrogens is 1. The molecule has 0 bridgehead atoms. The SMILES string of the molecule is O=S(=O)(c1ncccc1F)N1CCC(Cl)C1. The third-order valence-corrected chi connectivity index (χ3v) is 4.56. The molecule has 16 heavy (non-hydrogen) atoms. The topological polar surface area (TPSA) is 50.3 Å². The average Bonchev–Trinajstić information content (AvgIpc) is 2.66. The first-order valence-corrected chi connectivity index (χ1v) is 6.64. The normalized spacial score (nSPS) is 22.5. The lowest BCUT2D eigenvalue weighted by molar-refractivity contribution is 0.464. The van der Waals surface area contributed by atoms with Gasteiger partial charge in [-0.15, -0.1) is 11.6 Å². The van der Waals surface area contributed by atoms with E-state index in [0.717, 1.165) is 10.4 Å². The second-order valence-corrected chi connectivity index (χ2v) is 6.01. The molecule has 7 heteroatoms. The summed E-state index contributed by atoms with van der Waals surface area (Å²) in [7, 11) is -3.84. The number of nitrogens with zero attached hydrogens (tertiary/aromatic N) is 2. The Morgan fingerprint density at radius 3 is 2.88 bits per heavy atom. The Balaban J connectivity index is 2.36. The van der Waals surface area contributed by atoms with Crippen LogP contribution in [0.25, 0.3) is 0 Å². The molecular formula is C9H10ClFN2O2S. The van der Waals surface area contributed by atoms with E-state index in [4.69, 9.17) is 11.6 Å². The Hall–Kier alpha value is -0.720. The molecular weight excluding hydrogens is 255 g/mol. The third-order valence-electron chi connectivity index (χ3n) is 2.40. The molecule has 0 amide bonds. The molecule has 0 saturated carbocycles. The maximum atomic E-state index is 13.3. The van der Waals surface area contributed by atoms with Gasteiger partial charge in [0, 0.05) is 24.7 Å². The van der Waals surface area contributed by atoms with Crippen LogP contribution in [0.5, 0.6) is 0 Å². The zero-order valence-corrected chi connectivity index (χ0v) is 9.88. The van der Waals surface area contributed by atoms with Crippen molar-refractivity contribution < 1.29 is 12.8 Å². The summed E-state index contributed by atoms with van der Waals surface area (Å²) >= 11 is 5.82. The van der Waals surface area contributed by atoms with Crippen molar-refractivity contribution in [2.45, 2.75) is 16.8 Å². The molecule has 0 N–H and O–H groups in total. The van der Waals surface area contributed by atoms with E-state index < -0.39 is 20.9 Å². The summed E-state index contributed by atoms with van der Waals surface area (Å²) in [5.41, 5.74) is 0. The van der Waals surface area contributed by atoms with E-state index in [1.54, 1.807) is 0 Å². The average molecular weight is 265 g/mol. The molecule has 1 aromatic heterocycles. The zero-order chi connectivity index (χ0) is 11.8. The number of hydrogen-bond donors (Lipinski definition) is 0. The molecule has 1 aromatic rings. The van der Waals surface area contributed by atoms with Crippen LogP contribution in [0.3, 0.4) is 0 Å². The van der Waals surface area contributed by atoms with Gasteiger partial charge in [-0.3, -0.25) is 0 Å². The van der Waals surface area contributed by atoms with Crippen LogP contribution in [0.15, 0.2) is 23.4 Å². The van der Waals surface area contributed by atoms with Crippen molar-refractivity contribution in [3.63, 3.8) is 0 Å². The summed E-state index contributed by atoms with van der Waals surface area (Å²) < 4.78 is 38.4. The zero-order valence-electron chi connectivity index (χ0n) is 8.31. The van der Waals surface area contributed by atoms with Crippen molar-refractivity contribution in [3.05, 3.63) is 24.1 Å². The highest BCUT2D eigenvalue weighted by Crippen LogP contribution is 2.23. The van der Waals surface area contributed by atoms with Crippen LogP contribution < -0.4 is 0 Å². The van der Waals surface area contributed by atoms with Crippen molar-refractivity contribution in [3.8, 4) is 0 Å².